The summed E-state index contributed by atoms with van der Waals surface area (Å²) in [4.78, 5) is 15.0. The number of rotatable bonds is 24. The Hall–Kier alpha value is -9.37. The van der Waals surface area contributed by atoms with Crippen molar-refractivity contribution in [1.29, 1.82) is 0 Å². The lowest BCUT2D eigenvalue weighted by molar-refractivity contribution is 0.122. The van der Waals surface area contributed by atoms with Crippen LogP contribution in [0.4, 0.5) is 38.9 Å². The Bertz CT molecular complexity index is 4510. The maximum atomic E-state index is 12.5. The van der Waals surface area contributed by atoms with Gasteiger partial charge in [-0.2, -0.15) is 4.98 Å². The largest absolute Gasteiger partial charge is 0.497 e. The van der Waals surface area contributed by atoms with E-state index in [2.05, 4.69) is 338 Å². The average Bonchev–Trinajstić information content (AvgIpc) is 0.834. The predicted molar refractivity (Wildman–Crippen MR) is 543 cm³/mol. The Morgan fingerprint density at radius 2 is 0.835 bits per heavy atom. The molecule has 0 saturated carbocycles. The Kier molecular flexibility index (Phi) is 47.2. The van der Waals surface area contributed by atoms with Crippen molar-refractivity contribution >= 4 is 46.1 Å². The molecule has 0 atom stereocenters. The number of hydrogen-bond donors (Lipinski definition) is 8. The second kappa shape index (κ2) is 53.6. The number of ether oxygens (including phenoxy) is 6. The normalized spacial score (nSPS) is 12.2. The van der Waals surface area contributed by atoms with E-state index in [1.54, 1.807) is 52.8 Å². The van der Waals surface area contributed by atoms with Gasteiger partial charge in [0.15, 0.2) is 11.5 Å². The maximum absolute atomic E-state index is 12.5. The molecular formula is C107H166ClFN12O6. The van der Waals surface area contributed by atoms with Crippen LogP contribution in [0.3, 0.4) is 0 Å². The third-order valence-corrected chi connectivity index (χ3v) is 18.8. The maximum Gasteiger partial charge on any atom is 0.226 e. The van der Waals surface area contributed by atoms with Crippen LogP contribution in [0, 0.1) is 81.4 Å². The molecule has 0 amide bonds. The van der Waals surface area contributed by atoms with Crippen LogP contribution in [0.5, 0.6) is 28.7 Å². The number of aromatic nitrogens is 3. The number of halogens is 2. The molecule has 1 aliphatic rings. The van der Waals surface area contributed by atoms with E-state index in [0.29, 0.717) is 51.2 Å². The van der Waals surface area contributed by atoms with Gasteiger partial charge in [0.1, 0.15) is 34.9 Å². The summed E-state index contributed by atoms with van der Waals surface area (Å²) in [6, 6.07) is 50.0. The molecule has 1 fully saturated rings. The summed E-state index contributed by atoms with van der Waals surface area (Å²) in [6.45, 7) is 78.4. The Balaban J connectivity index is 0.000000376. The van der Waals surface area contributed by atoms with Crippen molar-refractivity contribution in [2.45, 2.75) is 257 Å². The van der Waals surface area contributed by atoms with Crippen LogP contribution in [0.1, 0.15) is 227 Å². The molecule has 0 aliphatic carbocycles. The van der Waals surface area contributed by atoms with Gasteiger partial charge < -0.3 is 75.9 Å². The van der Waals surface area contributed by atoms with Gasteiger partial charge >= 0.3 is 0 Å². The first-order chi connectivity index (χ1) is 58.9. The Labute approximate surface area is 773 Å². The first kappa shape index (κ1) is 112. The smallest absolute Gasteiger partial charge is 0.226 e. The minimum atomic E-state index is -0.181. The summed E-state index contributed by atoms with van der Waals surface area (Å²) in [5.41, 5.74) is 20.6. The van der Waals surface area contributed by atoms with E-state index < -0.39 is 0 Å². The molecule has 1 aliphatic heterocycles. The van der Waals surface area contributed by atoms with Crippen molar-refractivity contribution in [3.05, 3.63) is 236 Å². The zero-order valence-electron chi connectivity index (χ0n) is 84.8. The molecule has 0 spiro atoms. The van der Waals surface area contributed by atoms with Crippen LogP contribution in [-0.2, 0) is 31.0 Å². The lowest BCUT2D eigenvalue weighted by Gasteiger charge is -2.28. The number of methoxy groups -OCH3 is 4. The number of anilines is 6. The van der Waals surface area contributed by atoms with Gasteiger partial charge in [-0.15, -0.1) is 0 Å². The molecule has 20 heteroatoms. The van der Waals surface area contributed by atoms with Crippen LogP contribution < -0.4 is 71.1 Å². The van der Waals surface area contributed by atoms with E-state index in [1.165, 1.54) is 73.7 Å². The molecule has 8 N–H and O–H groups in total. The monoisotopic (exact) mass is 1770 g/mol. The summed E-state index contributed by atoms with van der Waals surface area (Å²) >= 11 is 6.07. The van der Waals surface area contributed by atoms with Crippen LogP contribution in [0.15, 0.2) is 164 Å². The van der Waals surface area contributed by atoms with Gasteiger partial charge in [0.2, 0.25) is 11.7 Å². The van der Waals surface area contributed by atoms with Crippen molar-refractivity contribution in [1.82, 2.24) is 30.9 Å². The quantitative estimate of drug-likeness (QED) is 0.0266. The third-order valence-electron chi connectivity index (χ3n) is 18.6. The molecule has 127 heavy (non-hydrogen) atoms. The molecule has 0 bridgehead atoms. The van der Waals surface area contributed by atoms with E-state index >= 15 is 0 Å². The molecule has 0 radical (unpaired) electrons. The van der Waals surface area contributed by atoms with E-state index in [1.807, 2.05) is 66.9 Å². The van der Waals surface area contributed by atoms with E-state index in [0.717, 1.165) is 118 Å². The summed E-state index contributed by atoms with van der Waals surface area (Å²) in [7, 11) is 6.53. The Morgan fingerprint density at radius 3 is 1.28 bits per heavy atom. The van der Waals surface area contributed by atoms with E-state index in [-0.39, 0.29) is 33.3 Å². The van der Waals surface area contributed by atoms with Gasteiger partial charge in [-0.1, -0.05) is 187 Å². The standard InChI is InChI=1S/C17H22N2O.C14H23NO3.C14H23N.C13H21ClN4O.2C13H21N.C12H19NO.C11H16FN/c1-17(2,3)13-19-15-6-8-16(9-7-15)20-12-14-5-4-10-18-11-14;1-14(2,3)15-9-10-7-11(16-4)13(18-6)12(8-10)17-5;1-10-7-11(2)13(12(3)8-10)15-9-14(4,5)6;1-13(2,3)9-15-12-16-10(14)8-11(17-12)18-4-6-19-7-5-18;1-10-6-11(2)8-12(7-10)14-9-13(3,4)5;1-10-6-7-12(11(2)8-10)14-9-13(3,4)5;1-12(2,3)13-9-10-5-7-11(14-4)8-6-10;1-11(2,3)13-8-9-4-6-10(12)7-5-9/h4-11,19H,12-13H2,1-3H3;7-8,15H,9H2,1-6H3;7-8,15H,9H2,1-6H3;8H,4-7,9H2,1-3H3,(H,15,16,17);2*6-8,14H,9H2,1-5H3;5-8,13H,9H2,1-4H3;4-7,13H,8H2,1-3H3. The second-order valence-corrected chi connectivity index (χ2v) is 42.4. The van der Waals surface area contributed by atoms with Gasteiger partial charge in [-0.05, 0) is 267 Å². The van der Waals surface area contributed by atoms with Gasteiger partial charge in [0.05, 0.1) is 41.7 Å². The number of hydrogen-bond acceptors (Lipinski definition) is 18. The van der Waals surface area contributed by atoms with Gasteiger partial charge in [-0.25, -0.2) is 9.37 Å². The first-order valence-electron chi connectivity index (χ1n) is 44.7. The molecular weight excluding hydrogens is 1600 g/mol. The second-order valence-electron chi connectivity index (χ2n) is 42.0. The van der Waals surface area contributed by atoms with E-state index in [9.17, 15) is 4.39 Å². The molecule has 704 valence electrons. The summed E-state index contributed by atoms with van der Waals surface area (Å²) in [5.74, 6) is 5.03. The van der Waals surface area contributed by atoms with Gasteiger partial charge in [0.25, 0.3) is 0 Å². The fraction of sp³-hybridized carbons (Fsp3) is 0.523. The zero-order chi connectivity index (χ0) is 95.7. The van der Waals surface area contributed by atoms with Crippen LogP contribution in [0.2, 0.25) is 5.15 Å². The fourth-order valence-corrected chi connectivity index (χ4v) is 12.0. The highest BCUT2D eigenvalue weighted by molar-refractivity contribution is 6.29. The highest BCUT2D eigenvalue weighted by atomic mass is 35.5. The minimum Gasteiger partial charge on any atom is -0.497 e. The third kappa shape index (κ3) is 52.6. The van der Waals surface area contributed by atoms with Crippen LogP contribution in [0.25, 0.3) is 0 Å². The van der Waals surface area contributed by atoms with Gasteiger partial charge in [-0.3, -0.25) is 4.98 Å². The van der Waals surface area contributed by atoms with Crippen molar-refractivity contribution in [3.63, 3.8) is 0 Å². The molecule has 1 saturated heterocycles. The van der Waals surface area contributed by atoms with Crippen LogP contribution in [-0.4, -0.2) is 119 Å². The molecule has 18 nitrogen and oxygen atoms in total. The number of pyridine rings is 1. The van der Waals surface area contributed by atoms with Crippen molar-refractivity contribution < 1.29 is 32.8 Å². The predicted octanol–water partition coefficient (Wildman–Crippen LogP) is 26.0. The first-order valence-corrected chi connectivity index (χ1v) is 45.1. The molecule has 0 unspecified atom stereocenters. The van der Waals surface area contributed by atoms with Gasteiger partial charge in [0, 0.05) is 129 Å². The lowest BCUT2D eigenvalue weighted by atomic mass is 9.96. The zero-order valence-corrected chi connectivity index (χ0v) is 85.5. The lowest BCUT2D eigenvalue weighted by Crippen LogP contribution is -2.37. The molecule has 7 aromatic carbocycles. The molecule has 9 aromatic rings. The number of nitrogens with one attached hydrogen (secondary N) is 8. The molecule has 3 heterocycles. The number of nitrogens with zero attached hydrogens (tertiary/aromatic N) is 4. The highest BCUT2D eigenvalue weighted by Crippen LogP contribution is 2.39. The number of benzene rings is 7. The van der Waals surface area contributed by atoms with Crippen LogP contribution >= 0.6 is 11.6 Å². The number of aryl methyl sites for hydroxylation is 7. The summed E-state index contributed by atoms with van der Waals surface area (Å²) < 4.78 is 44.6. The highest BCUT2D eigenvalue weighted by Gasteiger charge is 2.20. The summed E-state index contributed by atoms with van der Waals surface area (Å²) in [6.07, 6.45) is 3.58. The number of morpholine rings is 1. The minimum absolute atomic E-state index is 0.0698. The van der Waals surface area contributed by atoms with Crippen molar-refractivity contribution in [3.8, 4) is 28.7 Å². The Morgan fingerprint density at radius 1 is 0.402 bits per heavy atom. The van der Waals surface area contributed by atoms with Crippen molar-refractivity contribution in [2.24, 2.45) is 27.1 Å². The topological polar surface area (TPSA) is 194 Å². The molecule has 10 rings (SSSR count). The average molecular weight is 1770 g/mol. The van der Waals surface area contributed by atoms with E-state index in [4.69, 9.17) is 40.0 Å². The molecule has 2 aromatic heterocycles. The summed E-state index contributed by atoms with van der Waals surface area (Å²) in [5, 5.41) is 27.8. The van der Waals surface area contributed by atoms with Crippen molar-refractivity contribution in [2.75, 3.05) is 119 Å². The fourth-order valence-electron chi connectivity index (χ4n) is 11.8. The SMILES string of the molecule is CC(C)(C)CNc1ccc(OCc2cccnc2)cc1.CC(C)(C)CNc1nc(Cl)cc(N2CCOCC2)n1.CC(C)(C)NCc1ccc(F)cc1.COc1cc(CNC(C)(C)C)cc(OC)c1OC.COc1ccc(CNC(C)(C)C)cc1.Cc1cc(C)c(NCC(C)(C)C)c(C)c1.Cc1cc(C)cc(NCC(C)(C)C)c1.Cc1ccc(NCC(C)(C)C)c(C)c1.